The molecule has 1 aromatic carbocycles. The fourth-order valence-corrected chi connectivity index (χ4v) is 2.75. The number of carbonyl (C=O) groups excluding carboxylic acids is 2. The summed E-state index contributed by atoms with van der Waals surface area (Å²) < 4.78 is 5.56. The van der Waals surface area contributed by atoms with Gasteiger partial charge in [-0.05, 0) is 24.0 Å². The molecular weight excluding hydrogens is 386 g/mol. The van der Waals surface area contributed by atoms with Gasteiger partial charge >= 0.3 is 5.97 Å². The molecule has 0 fully saturated rings. The van der Waals surface area contributed by atoms with Gasteiger partial charge in [0.2, 0.25) is 11.8 Å². The predicted octanol–water partition coefficient (Wildman–Crippen LogP) is 1.61. The van der Waals surface area contributed by atoms with Crippen LogP contribution in [0.1, 0.15) is 51.2 Å². The van der Waals surface area contributed by atoms with E-state index in [9.17, 15) is 14.4 Å². The molecule has 0 aromatic heterocycles. The van der Waals surface area contributed by atoms with Crippen molar-refractivity contribution in [1.29, 1.82) is 0 Å². The van der Waals surface area contributed by atoms with Crippen molar-refractivity contribution in [2.75, 3.05) is 19.8 Å². The number of nitrogens with two attached hydrogens (primary N) is 1. The summed E-state index contributed by atoms with van der Waals surface area (Å²) in [6.45, 7) is 7.89. The van der Waals surface area contributed by atoms with Crippen LogP contribution in [0.5, 0.6) is 0 Å². The van der Waals surface area contributed by atoms with Gasteiger partial charge in [-0.3, -0.25) is 14.4 Å². The zero-order chi connectivity index (χ0) is 22.6. The van der Waals surface area contributed by atoms with Crippen molar-refractivity contribution in [2.24, 2.45) is 11.1 Å². The zero-order valence-electron chi connectivity index (χ0n) is 18.2. The Balaban J connectivity index is 2.66. The van der Waals surface area contributed by atoms with Crippen LogP contribution >= 0.6 is 0 Å². The molecule has 0 unspecified atom stereocenters. The summed E-state index contributed by atoms with van der Waals surface area (Å²) in [6.07, 6.45) is 0.817. The number of nitrogens with one attached hydrogen (secondary N) is 2. The second kappa shape index (κ2) is 13.0. The van der Waals surface area contributed by atoms with Crippen LogP contribution in [0.3, 0.4) is 0 Å². The highest BCUT2D eigenvalue weighted by atomic mass is 16.5. The van der Waals surface area contributed by atoms with Gasteiger partial charge in [-0.2, -0.15) is 0 Å². The first kappa shape index (κ1) is 25.6. The van der Waals surface area contributed by atoms with Gasteiger partial charge in [0.05, 0.1) is 13.0 Å². The van der Waals surface area contributed by atoms with Crippen molar-refractivity contribution in [3.8, 4) is 0 Å². The third-order valence-corrected chi connectivity index (χ3v) is 4.50. The molecule has 168 valence electrons. The maximum atomic E-state index is 12.6. The molecule has 0 radical (unpaired) electrons. The molecule has 8 heteroatoms. The number of hydrogen-bond acceptors (Lipinski definition) is 5. The molecule has 0 aliphatic rings. The minimum atomic E-state index is -1.02. The van der Waals surface area contributed by atoms with Crippen LogP contribution in [0.15, 0.2) is 24.3 Å². The minimum absolute atomic E-state index is 0.0196. The van der Waals surface area contributed by atoms with Gasteiger partial charge in [-0.1, -0.05) is 45.0 Å². The highest BCUT2D eigenvalue weighted by molar-refractivity contribution is 5.88. The number of rotatable bonds is 14. The van der Waals surface area contributed by atoms with E-state index >= 15 is 0 Å². The first-order chi connectivity index (χ1) is 14.2. The second-order valence-electron chi connectivity index (χ2n) is 8.18. The summed E-state index contributed by atoms with van der Waals surface area (Å²) >= 11 is 0. The van der Waals surface area contributed by atoms with Gasteiger partial charge in [-0.25, -0.2) is 0 Å². The number of carboxylic acids is 1. The lowest BCUT2D eigenvalue weighted by atomic mass is 9.94. The lowest BCUT2D eigenvalue weighted by Gasteiger charge is -2.26. The Morgan fingerprint density at radius 3 is 2.37 bits per heavy atom. The SMILES string of the molecule is CCCOCC(C)(C)CNC(=O)[C@@H](CCC(=O)O)NC(=O)Cc1ccc(CN)cc1. The molecule has 0 saturated carbocycles. The second-order valence-corrected chi connectivity index (χ2v) is 8.18. The predicted molar refractivity (Wildman–Crippen MR) is 115 cm³/mol. The lowest BCUT2D eigenvalue weighted by molar-refractivity contribution is -0.138. The summed E-state index contributed by atoms with van der Waals surface area (Å²) in [6, 6.07) is 6.41. The van der Waals surface area contributed by atoms with Gasteiger partial charge in [0, 0.05) is 31.5 Å². The monoisotopic (exact) mass is 421 g/mol. The normalized spacial score (nSPS) is 12.3. The van der Waals surface area contributed by atoms with Crippen molar-refractivity contribution in [3.63, 3.8) is 0 Å². The van der Waals surface area contributed by atoms with E-state index in [1.807, 2.05) is 45.0 Å². The fraction of sp³-hybridized carbons (Fsp3) is 0.591. The Bertz CT molecular complexity index is 689. The van der Waals surface area contributed by atoms with Gasteiger partial charge < -0.3 is 26.2 Å². The van der Waals surface area contributed by atoms with Crippen LogP contribution in [0, 0.1) is 5.41 Å². The first-order valence-corrected chi connectivity index (χ1v) is 10.3. The van der Waals surface area contributed by atoms with E-state index in [4.69, 9.17) is 15.6 Å². The van der Waals surface area contributed by atoms with Crippen LogP contribution in [-0.2, 0) is 32.1 Å². The number of benzene rings is 1. The molecule has 0 spiro atoms. The highest BCUT2D eigenvalue weighted by Gasteiger charge is 2.25. The number of carbonyl (C=O) groups is 3. The molecule has 0 saturated heterocycles. The van der Waals surface area contributed by atoms with Crippen molar-refractivity contribution in [2.45, 2.75) is 59.0 Å². The van der Waals surface area contributed by atoms with Crippen LogP contribution in [-0.4, -0.2) is 48.7 Å². The molecule has 0 aliphatic heterocycles. The summed E-state index contributed by atoms with van der Waals surface area (Å²) in [5.41, 5.74) is 7.04. The van der Waals surface area contributed by atoms with Crippen LogP contribution in [0.4, 0.5) is 0 Å². The first-order valence-electron chi connectivity index (χ1n) is 10.3. The number of carboxylic acid groups (broad SMARTS) is 1. The van der Waals surface area contributed by atoms with E-state index in [1.165, 1.54) is 0 Å². The summed E-state index contributed by atoms with van der Waals surface area (Å²) in [5.74, 6) is -1.76. The Labute approximate surface area is 178 Å². The molecule has 1 rings (SSSR count). The van der Waals surface area contributed by atoms with E-state index < -0.39 is 17.9 Å². The molecular formula is C22H35N3O5. The molecule has 8 nitrogen and oxygen atoms in total. The van der Waals surface area contributed by atoms with Crippen LogP contribution in [0.2, 0.25) is 0 Å². The molecule has 30 heavy (non-hydrogen) atoms. The summed E-state index contributed by atoms with van der Waals surface area (Å²) in [7, 11) is 0. The average molecular weight is 422 g/mol. The maximum Gasteiger partial charge on any atom is 0.303 e. The Hall–Kier alpha value is -2.45. The average Bonchev–Trinajstić information content (AvgIpc) is 2.70. The number of ether oxygens (including phenoxy) is 1. The third-order valence-electron chi connectivity index (χ3n) is 4.50. The van der Waals surface area contributed by atoms with Gasteiger partial charge in [0.1, 0.15) is 6.04 Å². The number of aliphatic carboxylic acids is 1. The summed E-state index contributed by atoms with van der Waals surface area (Å²) in [4.78, 5) is 36.0. The quantitative estimate of drug-likeness (QED) is 0.338. The fourth-order valence-electron chi connectivity index (χ4n) is 2.75. The molecule has 1 atom stereocenters. The Morgan fingerprint density at radius 1 is 1.17 bits per heavy atom. The molecule has 0 aliphatic carbocycles. The van der Waals surface area contributed by atoms with E-state index in [0.717, 1.165) is 17.5 Å². The van der Waals surface area contributed by atoms with E-state index in [0.29, 0.717) is 26.3 Å². The van der Waals surface area contributed by atoms with Crippen molar-refractivity contribution in [1.82, 2.24) is 10.6 Å². The summed E-state index contributed by atoms with van der Waals surface area (Å²) in [5, 5.41) is 14.5. The van der Waals surface area contributed by atoms with Crippen molar-refractivity contribution >= 4 is 17.8 Å². The molecule has 1 aromatic rings. The largest absolute Gasteiger partial charge is 0.481 e. The van der Waals surface area contributed by atoms with Crippen LogP contribution < -0.4 is 16.4 Å². The van der Waals surface area contributed by atoms with E-state index in [1.54, 1.807) is 0 Å². The van der Waals surface area contributed by atoms with Gasteiger partial charge in [0.25, 0.3) is 0 Å². The topological polar surface area (TPSA) is 131 Å². The maximum absolute atomic E-state index is 12.6. The van der Waals surface area contributed by atoms with Gasteiger partial charge in [0.15, 0.2) is 0 Å². The van der Waals surface area contributed by atoms with E-state index in [-0.39, 0.29) is 30.6 Å². The Morgan fingerprint density at radius 2 is 1.80 bits per heavy atom. The smallest absolute Gasteiger partial charge is 0.303 e. The number of amides is 2. The number of hydrogen-bond donors (Lipinski definition) is 4. The van der Waals surface area contributed by atoms with Crippen molar-refractivity contribution in [3.05, 3.63) is 35.4 Å². The standard InChI is InChI=1S/C22H35N3O5/c1-4-11-30-15-22(2,3)14-24-21(29)18(9-10-20(27)28)25-19(26)12-16-5-7-17(13-23)8-6-16/h5-8,18H,4,9-15,23H2,1-3H3,(H,24,29)(H,25,26)(H,27,28)/t18-/m1/s1. The van der Waals surface area contributed by atoms with Crippen molar-refractivity contribution < 1.29 is 24.2 Å². The minimum Gasteiger partial charge on any atom is -0.481 e. The highest BCUT2D eigenvalue weighted by Crippen LogP contribution is 2.14. The third kappa shape index (κ3) is 10.4. The lowest BCUT2D eigenvalue weighted by Crippen LogP contribution is -2.49. The zero-order valence-corrected chi connectivity index (χ0v) is 18.2. The van der Waals surface area contributed by atoms with Crippen LogP contribution in [0.25, 0.3) is 0 Å². The molecule has 5 N–H and O–H groups in total. The van der Waals surface area contributed by atoms with E-state index in [2.05, 4.69) is 10.6 Å². The Kier molecular flexibility index (Phi) is 11.1. The molecule has 2 amide bonds. The molecule has 0 heterocycles. The molecule has 0 bridgehead atoms. The van der Waals surface area contributed by atoms with Gasteiger partial charge in [-0.15, -0.1) is 0 Å².